The van der Waals surface area contributed by atoms with E-state index >= 15 is 0 Å². The predicted molar refractivity (Wildman–Crippen MR) is 127 cm³/mol. The number of hydrogen-bond acceptors (Lipinski definition) is 2. The first-order chi connectivity index (χ1) is 14.6. The van der Waals surface area contributed by atoms with Crippen LogP contribution in [0.2, 0.25) is 0 Å². The summed E-state index contributed by atoms with van der Waals surface area (Å²) < 4.78 is 0. The number of fused-ring (bicyclic) bond motifs is 1. The molecule has 2 rings (SSSR count). The van der Waals surface area contributed by atoms with Crippen LogP contribution in [0.5, 0.6) is 0 Å². The summed E-state index contributed by atoms with van der Waals surface area (Å²) in [5.74, 6) is -0.0320. The summed E-state index contributed by atoms with van der Waals surface area (Å²) in [6, 6.07) is 7.11. The molecule has 0 spiro atoms. The number of benzene rings is 1. The van der Waals surface area contributed by atoms with Crippen molar-refractivity contribution in [3.63, 3.8) is 0 Å². The van der Waals surface area contributed by atoms with Gasteiger partial charge < -0.3 is 0 Å². The van der Waals surface area contributed by atoms with E-state index in [9.17, 15) is 9.59 Å². The molecule has 0 unspecified atom stereocenters. The molecule has 2 heteroatoms. The monoisotopic (exact) mass is 402 g/mol. The topological polar surface area (TPSA) is 34.1 Å². The largest absolute Gasteiger partial charge is 0.289 e. The molecule has 1 aliphatic rings. The molecule has 0 radical (unpaired) electrons. The molecule has 0 bridgehead atoms. The van der Waals surface area contributed by atoms with Gasteiger partial charge in [0.05, 0.1) is 0 Å². The fourth-order valence-electron chi connectivity index (χ4n) is 3.51. The predicted octanol–water partition coefficient (Wildman–Crippen LogP) is 7.75. The minimum absolute atomic E-state index is 0.00887. The van der Waals surface area contributed by atoms with Crippen LogP contribution in [-0.4, -0.2) is 11.6 Å². The summed E-state index contributed by atoms with van der Waals surface area (Å²) in [7, 11) is 0. The number of unbranched alkanes of at least 4 members (excludes halogenated alkanes) is 2. The van der Waals surface area contributed by atoms with Gasteiger partial charge in [0.2, 0.25) is 0 Å². The highest BCUT2D eigenvalue weighted by Crippen LogP contribution is 2.28. The number of ketones is 2. The number of carbonyl (C=O) groups excluding carboxylic acids is 2. The number of carbonyl (C=O) groups is 2. The van der Waals surface area contributed by atoms with E-state index in [4.69, 9.17) is 0 Å². The van der Waals surface area contributed by atoms with E-state index in [2.05, 4.69) is 56.4 Å². The molecular formula is C28H34O2. The van der Waals surface area contributed by atoms with Gasteiger partial charge in [-0.3, -0.25) is 9.59 Å². The Hall–Kier alpha value is -2.74. The van der Waals surface area contributed by atoms with E-state index in [1.807, 2.05) is 6.07 Å². The lowest BCUT2D eigenvalue weighted by molar-refractivity contribution is 0.0973. The SMILES string of the molecule is C/C=C/CC/C=C/CC/C=C/CC/C(C)=C/CC1=C(C)C(=O)c2ccccc2C1=O. The lowest BCUT2D eigenvalue weighted by Gasteiger charge is -2.18. The summed E-state index contributed by atoms with van der Waals surface area (Å²) in [5, 5.41) is 0. The standard InChI is InChI=1S/C28H34O2/c1-4-5-6-7-8-9-10-11-12-13-14-17-22(2)20-21-24-23(3)27(29)25-18-15-16-19-26(25)28(24)30/h4-5,8-9,12-13,15-16,18-20H,6-7,10-11,14,17,21H2,1-3H3/b5-4+,9-8+,13-12+,22-20+. The van der Waals surface area contributed by atoms with Crippen LogP contribution in [0.3, 0.4) is 0 Å². The Morgan fingerprint density at radius 1 is 0.800 bits per heavy atom. The van der Waals surface area contributed by atoms with Crippen molar-refractivity contribution < 1.29 is 9.59 Å². The third kappa shape index (κ3) is 6.95. The summed E-state index contributed by atoms with van der Waals surface area (Å²) in [6.45, 7) is 5.92. The molecule has 0 atom stereocenters. The Morgan fingerprint density at radius 2 is 1.33 bits per heavy atom. The fraction of sp³-hybridized carbons (Fsp3) is 0.357. The first-order valence-electron chi connectivity index (χ1n) is 11.0. The van der Waals surface area contributed by atoms with E-state index in [1.54, 1.807) is 25.1 Å². The van der Waals surface area contributed by atoms with Gasteiger partial charge in [-0.25, -0.2) is 0 Å². The molecule has 30 heavy (non-hydrogen) atoms. The van der Waals surface area contributed by atoms with Crippen molar-refractivity contribution in [2.75, 3.05) is 0 Å². The molecule has 1 aromatic rings. The number of rotatable bonds is 11. The lowest BCUT2D eigenvalue weighted by Crippen LogP contribution is -2.20. The van der Waals surface area contributed by atoms with Crippen molar-refractivity contribution in [3.8, 4) is 0 Å². The van der Waals surface area contributed by atoms with Crippen LogP contribution in [-0.2, 0) is 0 Å². The van der Waals surface area contributed by atoms with E-state index < -0.39 is 0 Å². The van der Waals surface area contributed by atoms with Crippen molar-refractivity contribution in [1.29, 1.82) is 0 Å². The van der Waals surface area contributed by atoms with Crippen molar-refractivity contribution in [2.45, 2.75) is 65.7 Å². The average Bonchev–Trinajstić information content (AvgIpc) is 2.76. The van der Waals surface area contributed by atoms with Crippen molar-refractivity contribution >= 4 is 11.6 Å². The second kappa shape index (κ2) is 12.7. The number of allylic oxidation sites excluding steroid dienone is 10. The molecule has 158 valence electrons. The van der Waals surface area contributed by atoms with Crippen LogP contribution in [0.25, 0.3) is 0 Å². The maximum Gasteiger partial charge on any atom is 0.190 e. The Kier molecular flexibility index (Phi) is 10.00. The van der Waals surface area contributed by atoms with Gasteiger partial charge in [-0.05, 0) is 65.7 Å². The molecule has 0 fully saturated rings. The van der Waals surface area contributed by atoms with Gasteiger partial charge in [0.15, 0.2) is 11.6 Å². The van der Waals surface area contributed by atoms with E-state index in [1.165, 1.54) is 5.57 Å². The molecule has 0 aliphatic heterocycles. The highest BCUT2D eigenvalue weighted by atomic mass is 16.1. The van der Waals surface area contributed by atoms with Gasteiger partial charge in [-0.2, -0.15) is 0 Å². The normalized spacial score (nSPS) is 15.2. The zero-order chi connectivity index (χ0) is 21.8. The Morgan fingerprint density at radius 3 is 1.93 bits per heavy atom. The Balaban J connectivity index is 1.77. The van der Waals surface area contributed by atoms with Crippen molar-refractivity contribution in [3.05, 3.63) is 94.6 Å². The quantitative estimate of drug-likeness (QED) is 0.280. The smallest absolute Gasteiger partial charge is 0.190 e. The summed E-state index contributed by atoms with van der Waals surface area (Å²) in [4.78, 5) is 25.3. The molecular weight excluding hydrogens is 368 g/mol. The minimum atomic E-state index is -0.0231. The van der Waals surface area contributed by atoms with Gasteiger partial charge in [0.1, 0.15) is 0 Å². The highest BCUT2D eigenvalue weighted by molar-refractivity contribution is 6.26. The number of hydrogen-bond donors (Lipinski definition) is 0. The molecule has 0 heterocycles. The second-order valence-corrected chi connectivity index (χ2v) is 7.77. The van der Waals surface area contributed by atoms with Gasteiger partial charge in [0, 0.05) is 22.3 Å². The number of Topliss-reactive ketones (excluding diaryl/α,β-unsaturated/α-hetero) is 2. The summed E-state index contributed by atoms with van der Waals surface area (Å²) >= 11 is 0. The van der Waals surface area contributed by atoms with Crippen molar-refractivity contribution in [1.82, 2.24) is 0 Å². The van der Waals surface area contributed by atoms with Crippen LogP contribution >= 0.6 is 0 Å². The Labute approximate surface area is 181 Å². The molecule has 0 aromatic heterocycles. The first kappa shape index (κ1) is 23.5. The summed E-state index contributed by atoms with van der Waals surface area (Å²) in [6.07, 6.45) is 22.3. The summed E-state index contributed by atoms with van der Waals surface area (Å²) in [5.41, 5.74) is 3.54. The van der Waals surface area contributed by atoms with Gasteiger partial charge >= 0.3 is 0 Å². The maximum atomic E-state index is 12.8. The van der Waals surface area contributed by atoms with Crippen LogP contribution < -0.4 is 0 Å². The average molecular weight is 403 g/mol. The van der Waals surface area contributed by atoms with Gasteiger partial charge in [-0.15, -0.1) is 0 Å². The van der Waals surface area contributed by atoms with Crippen LogP contribution in [0.1, 0.15) is 86.4 Å². The highest BCUT2D eigenvalue weighted by Gasteiger charge is 2.28. The van der Waals surface area contributed by atoms with Gasteiger partial charge in [0.25, 0.3) is 0 Å². The third-order valence-corrected chi connectivity index (χ3v) is 5.41. The molecule has 1 aliphatic carbocycles. The molecule has 0 amide bonds. The van der Waals surface area contributed by atoms with Crippen LogP contribution in [0, 0.1) is 0 Å². The Bertz CT molecular complexity index is 891. The molecule has 1 aromatic carbocycles. The lowest BCUT2D eigenvalue weighted by atomic mass is 9.83. The van der Waals surface area contributed by atoms with Crippen molar-refractivity contribution in [2.24, 2.45) is 0 Å². The molecule has 0 N–H and O–H groups in total. The molecule has 2 nitrogen and oxygen atoms in total. The van der Waals surface area contributed by atoms with Crippen LogP contribution in [0.15, 0.2) is 83.5 Å². The zero-order valence-corrected chi connectivity index (χ0v) is 18.6. The minimum Gasteiger partial charge on any atom is -0.289 e. The molecule has 0 saturated heterocycles. The second-order valence-electron chi connectivity index (χ2n) is 7.77. The van der Waals surface area contributed by atoms with E-state index in [0.717, 1.165) is 38.5 Å². The van der Waals surface area contributed by atoms with Gasteiger partial charge in [-0.1, -0.05) is 72.4 Å². The zero-order valence-electron chi connectivity index (χ0n) is 18.6. The maximum absolute atomic E-state index is 12.8. The first-order valence-corrected chi connectivity index (χ1v) is 11.0. The molecule has 0 saturated carbocycles. The third-order valence-electron chi connectivity index (χ3n) is 5.41. The van der Waals surface area contributed by atoms with Crippen LogP contribution in [0.4, 0.5) is 0 Å². The van der Waals surface area contributed by atoms with E-state index in [0.29, 0.717) is 28.7 Å². The van der Waals surface area contributed by atoms with E-state index in [-0.39, 0.29) is 11.6 Å². The fourth-order valence-corrected chi connectivity index (χ4v) is 3.51.